The van der Waals surface area contributed by atoms with Crippen LogP contribution in [0.3, 0.4) is 0 Å². The number of carbonyl (C=O) groups is 3. The number of phenolic OH excluding ortho intramolecular Hbond substituents is 1. The quantitative estimate of drug-likeness (QED) is 0.329. The summed E-state index contributed by atoms with van der Waals surface area (Å²) < 4.78 is 20.5. The molecule has 0 amide bonds. The number of aliphatic hydroxyl groups excluding tert-OH is 2. The van der Waals surface area contributed by atoms with Crippen LogP contribution in [0.4, 0.5) is 0 Å². The van der Waals surface area contributed by atoms with Crippen LogP contribution < -0.4 is 0 Å². The van der Waals surface area contributed by atoms with E-state index in [0.717, 1.165) is 19.9 Å². The second-order valence-corrected chi connectivity index (χ2v) is 6.23. The van der Waals surface area contributed by atoms with Crippen molar-refractivity contribution in [2.24, 2.45) is 0 Å². The van der Waals surface area contributed by atoms with E-state index in [1.54, 1.807) is 12.1 Å². The van der Waals surface area contributed by atoms with Crippen LogP contribution in [0.2, 0.25) is 0 Å². The first-order valence-corrected chi connectivity index (χ1v) is 8.67. The second kappa shape index (κ2) is 10.0. The fourth-order valence-corrected chi connectivity index (χ4v) is 2.68. The maximum atomic E-state index is 12.2. The molecule has 10 heteroatoms. The Balaban J connectivity index is 2.18. The Hall–Kier alpha value is -2.95. The van der Waals surface area contributed by atoms with Gasteiger partial charge in [-0.3, -0.25) is 9.59 Å². The zero-order chi connectivity index (χ0) is 21.6. The highest BCUT2D eigenvalue weighted by atomic mass is 16.7. The summed E-state index contributed by atoms with van der Waals surface area (Å²) in [6.45, 7) is 1.50. The van der Waals surface area contributed by atoms with Crippen LogP contribution in [0, 0.1) is 0 Å². The summed E-state index contributed by atoms with van der Waals surface area (Å²) in [7, 11) is 0. The maximum Gasteiger partial charge on any atom is 0.333 e. The van der Waals surface area contributed by atoms with Gasteiger partial charge in [-0.1, -0.05) is 12.1 Å². The first-order valence-electron chi connectivity index (χ1n) is 8.67. The first-order chi connectivity index (χ1) is 13.7. The Morgan fingerprint density at radius 2 is 1.62 bits per heavy atom. The molecule has 1 aliphatic heterocycles. The molecule has 1 saturated heterocycles. The predicted octanol–water partition coefficient (Wildman–Crippen LogP) is -0.110. The Morgan fingerprint density at radius 1 is 1.03 bits per heavy atom. The van der Waals surface area contributed by atoms with Crippen LogP contribution >= 0.6 is 0 Å². The van der Waals surface area contributed by atoms with Crippen molar-refractivity contribution in [2.75, 3.05) is 6.61 Å². The molecule has 1 fully saturated rings. The molecule has 5 atom stereocenters. The molecule has 1 aromatic carbocycles. The second-order valence-electron chi connectivity index (χ2n) is 6.23. The number of rotatable bonds is 6. The number of aromatic hydroxyl groups is 1. The number of phenols is 1. The maximum absolute atomic E-state index is 12.2. The molecular weight excluding hydrogens is 388 g/mol. The molecule has 0 aromatic heterocycles. The van der Waals surface area contributed by atoms with Gasteiger partial charge in [0.05, 0.1) is 6.61 Å². The van der Waals surface area contributed by atoms with E-state index in [9.17, 15) is 29.7 Å². The molecule has 3 N–H and O–H groups in total. The molecule has 10 nitrogen and oxygen atoms in total. The van der Waals surface area contributed by atoms with Gasteiger partial charge >= 0.3 is 17.9 Å². The van der Waals surface area contributed by atoms with Crippen molar-refractivity contribution in [1.29, 1.82) is 0 Å². The summed E-state index contributed by atoms with van der Waals surface area (Å²) >= 11 is 0. The summed E-state index contributed by atoms with van der Waals surface area (Å²) in [5.41, 5.74) is 0.599. The highest BCUT2D eigenvalue weighted by molar-refractivity contribution is 5.87. The van der Waals surface area contributed by atoms with Gasteiger partial charge in [-0.15, -0.1) is 0 Å². The molecular formula is C19H22O10. The van der Waals surface area contributed by atoms with Crippen molar-refractivity contribution in [3.05, 3.63) is 35.9 Å². The molecule has 1 heterocycles. The van der Waals surface area contributed by atoms with E-state index < -0.39 is 55.2 Å². The van der Waals surface area contributed by atoms with Crippen molar-refractivity contribution in [2.45, 2.75) is 44.6 Å². The molecule has 0 spiro atoms. The highest BCUT2D eigenvalue weighted by Gasteiger charge is 2.50. The lowest BCUT2D eigenvalue weighted by molar-refractivity contribution is -0.296. The SMILES string of the molecule is CC(=O)O[C@H]1[C@H](OC(=O)/C=C/c2ccc(O)cc2)O[C@H](CO)[C@@H](O)[C@@H]1OC(C)=O. The van der Waals surface area contributed by atoms with E-state index in [2.05, 4.69) is 0 Å². The zero-order valence-electron chi connectivity index (χ0n) is 15.8. The summed E-state index contributed by atoms with van der Waals surface area (Å²) in [6, 6.07) is 5.99. The molecule has 0 saturated carbocycles. The minimum atomic E-state index is -1.54. The average Bonchev–Trinajstić information content (AvgIpc) is 2.65. The lowest BCUT2D eigenvalue weighted by Gasteiger charge is -2.42. The van der Waals surface area contributed by atoms with Crippen molar-refractivity contribution < 1.29 is 48.7 Å². The van der Waals surface area contributed by atoms with Crippen LogP contribution in [0.25, 0.3) is 6.08 Å². The molecule has 0 unspecified atom stereocenters. The first kappa shape index (κ1) is 22.3. The Labute approximate surface area is 166 Å². The van der Waals surface area contributed by atoms with Crippen molar-refractivity contribution in [3.63, 3.8) is 0 Å². The van der Waals surface area contributed by atoms with Gasteiger partial charge in [-0.25, -0.2) is 4.79 Å². The normalized spacial score (nSPS) is 26.7. The largest absolute Gasteiger partial charge is 0.508 e. The summed E-state index contributed by atoms with van der Waals surface area (Å²) in [5, 5.41) is 28.9. The van der Waals surface area contributed by atoms with Gasteiger partial charge in [-0.2, -0.15) is 0 Å². The average molecular weight is 410 g/mol. The minimum absolute atomic E-state index is 0.0645. The number of benzene rings is 1. The lowest BCUT2D eigenvalue weighted by atomic mass is 9.98. The Bertz CT molecular complexity index is 757. The number of hydrogen-bond acceptors (Lipinski definition) is 10. The third kappa shape index (κ3) is 6.28. The Morgan fingerprint density at radius 3 is 2.17 bits per heavy atom. The van der Waals surface area contributed by atoms with Gasteiger partial charge < -0.3 is 34.3 Å². The van der Waals surface area contributed by atoms with E-state index in [1.807, 2.05) is 0 Å². The summed E-state index contributed by atoms with van der Waals surface area (Å²) in [4.78, 5) is 35.0. The topological polar surface area (TPSA) is 149 Å². The fraction of sp³-hybridized carbons (Fsp3) is 0.421. The van der Waals surface area contributed by atoms with E-state index >= 15 is 0 Å². The number of carbonyl (C=O) groups excluding carboxylic acids is 3. The number of ether oxygens (including phenoxy) is 4. The van der Waals surface area contributed by atoms with Gasteiger partial charge in [0, 0.05) is 19.9 Å². The highest BCUT2D eigenvalue weighted by Crippen LogP contribution is 2.27. The number of esters is 3. The van der Waals surface area contributed by atoms with Crippen LogP contribution in [0.1, 0.15) is 19.4 Å². The minimum Gasteiger partial charge on any atom is -0.508 e. The predicted molar refractivity (Wildman–Crippen MR) is 96.1 cm³/mol. The van der Waals surface area contributed by atoms with Crippen LogP contribution in [-0.4, -0.2) is 70.5 Å². The van der Waals surface area contributed by atoms with Crippen molar-refractivity contribution in [3.8, 4) is 5.75 Å². The van der Waals surface area contributed by atoms with Crippen LogP contribution in [-0.2, 0) is 33.3 Å². The van der Waals surface area contributed by atoms with Gasteiger partial charge in [0.2, 0.25) is 12.4 Å². The third-order valence-electron chi connectivity index (χ3n) is 3.94. The molecule has 0 radical (unpaired) electrons. The Kier molecular flexibility index (Phi) is 7.71. The van der Waals surface area contributed by atoms with E-state index in [-0.39, 0.29) is 5.75 Å². The monoisotopic (exact) mass is 410 g/mol. The van der Waals surface area contributed by atoms with Crippen molar-refractivity contribution in [1.82, 2.24) is 0 Å². The molecule has 1 aromatic rings. The van der Waals surface area contributed by atoms with Crippen molar-refractivity contribution >= 4 is 24.0 Å². The van der Waals surface area contributed by atoms with Crippen LogP contribution in [0.5, 0.6) is 5.75 Å². The van der Waals surface area contributed by atoms with Gasteiger partial charge in [0.15, 0.2) is 6.10 Å². The number of aliphatic hydroxyl groups is 2. The third-order valence-corrected chi connectivity index (χ3v) is 3.94. The van der Waals surface area contributed by atoms with Crippen LogP contribution in [0.15, 0.2) is 30.3 Å². The smallest absolute Gasteiger partial charge is 0.333 e. The van der Waals surface area contributed by atoms with E-state index in [1.165, 1.54) is 18.2 Å². The summed E-state index contributed by atoms with van der Waals surface area (Å²) in [6.07, 6.45) is -4.68. The van der Waals surface area contributed by atoms with Gasteiger partial charge in [0.25, 0.3) is 0 Å². The van der Waals surface area contributed by atoms with Gasteiger partial charge in [0.1, 0.15) is 18.0 Å². The molecule has 2 rings (SSSR count). The molecule has 158 valence electrons. The molecule has 1 aliphatic rings. The fourth-order valence-electron chi connectivity index (χ4n) is 2.68. The lowest BCUT2D eigenvalue weighted by Crippen LogP contribution is -2.61. The van der Waals surface area contributed by atoms with Gasteiger partial charge in [-0.05, 0) is 23.8 Å². The molecule has 0 bridgehead atoms. The molecule has 0 aliphatic carbocycles. The molecule has 29 heavy (non-hydrogen) atoms. The number of hydrogen-bond donors (Lipinski definition) is 3. The standard InChI is InChI=1S/C19H22O10/c1-10(21)26-17-16(25)14(9-20)28-19(18(17)27-11(2)22)29-15(24)8-5-12-3-6-13(23)7-4-12/h3-8,14,16-20,23,25H,9H2,1-2H3/b8-5+/t14-,16-,17+,18-,19+/m1/s1. The van der Waals surface area contributed by atoms with E-state index in [0.29, 0.717) is 5.56 Å². The summed E-state index contributed by atoms with van der Waals surface area (Å²) in [5.74, 6) is -2.38. The van der Waals surface area contributed by atoms with E-state index in [4.69, 9.17) is 18.9 Å². The zero-order valence-corrected chi connectivity index (χ0v) is 15.8.